The highest BCUT2D eigenvalue weighted by Crippen LogP contribution is 2.25. The van der Waals surface area contributed by atoms with Crippen molar-refractivity contribution in [2.45, 2.75) is 13.3 Å². The molecule has 0 unspecified atom stereocenters. The molecule has 0 aromatic carbocycles. The van der Waals surface area contributed by atoms with Crippen molar-refractivity contribution in [3.63, 3.8) is 0 Å². The first-order valence-corrected chi connectivity index (χ1v) is 5.93. The summed E-state index contributed by atoms with van der Waals surface area (Å²) in [5, 5.41) is 3.14. The monoisotopic (exact) mass is 271 g/mol. The first-order valence-electron chi connectivity index (χ1n) is 5.13. The third kappa shape index (κ3) is 3.47. The molecule has 3 nitrogen and oxygen atoms in total. The Morgan fingerprint density at radius 3 is 2.93 bits per heavy atom. The van der Waals surface area contributed by atoms with E-state index >= 15 is 0 Å². The predicted molar refractivity (Wildman–Crippen MR) is 68.5 cm³/mol. The Morgan fingerprint density at radius 1 is 1.53 bits per heavy atom. The molecule has 1 aromatic rings. The summed E-state index contributed by atoms with van der Waals surface area (Å²) < 4.78 is 1.09. The number of rotatable bonds is 5. The van der Waals surface area contributed by atoms with Crippen LogP contribution in [0.1, 0.15) is 12.0 Å². The molecule has 1 rings (SSSR count). The van der Waals surface area contributed by atoms with E-state index in [0.717, 1.165) is 29.8 Å². The number of anilines is 1. The molecule has 0 atom stereocenters. The summed E-state index contributed by atoms with van der Waals surface area (Å²) in [6.07, 6.45) is 2.97. The van der Waals surface area contributed by atoms with Gasteiger partial charge in [-0.3, -0.25) is 0 Å². The zero-order chi connectivity index (χ0) is 11.3. The number of nitrogens with zero attached hydrogens (tertiary/aromatic N) is 2. The lowest BCUT2D eigenvalue weighted by atomic mass is 10.3. The Balaban J connectivity index is 2.65. The van der Waals surface area contributed by atoms with Crippen LogP contribution >= 0.6 is 15.9 Å². The van der Waals surface area contributed by atoms with E-state index < -0.39 is 0 Å². The molecule has 4 heteroatoms. The maximum Gasteiger partial charge on any atom is 0.142 e. The standard InChI is InChI=1S/C11H18BrN3/c1-9-5-7-14-11(10(9)12)15(3)8-4-6-13-2/h5,7,13H,4,6,8H2,1-3H3. The molecule has 0 saturated carbocycles. The Kier molecular flexibility index (Phi) is 5.05. The van der Waals surface area contributed by atoms with E-state index in [1.54, 1.807) is 0 Å². The number of aromatic nitrogens is 1. The van der Waals surface area contributed by atoms with E-state index in [1.807, 2.05) is 19.3 Å². The summed E-state index contributed by atoms with van der Waals surface area (Å²) in [5.74, 6) is 1.02. The van der Waals surface area contributed by atoms with Gasteiger partial charge >= 0.3 is 0 Å². The molecule has 0 amide bonds. The highest BCUT2D eigenvalue weighted by Gasteiger charge is 2.08. The molecule has 0 bridgehead atoms. The maximum atomic E-state index is 4.38. The van der Waals surface area contributed by atoms with Crippen molar-refractivity contribution >= 4 is 21.7 Å². The fourth-order valence-electron chi connectivity index (χ4n) is 1.39. The fraction of sp³-hybridized carbons (Fsp3) is 0.545. The van der Waals surface area contributed by atoms with Crippen LogP contribution in [0.5, 0.6) is 0 Å². The zero-order valence-electron chi connectivity index (χ0n) is 9.55. The average Bonchev–Trinajstić information content (AvgIpc) is 2.22. The molecule has 1 aromatic heterocycles. The number of pyridine rings is 1. The normalized spacial score (nSPS) is 10.4. The molecule has 15 heavy (non-hydrogen) atoms. The van der Waals surface area contributed by atoms with Crippen LogP contribution in [-0.2, 0) is 0 Å². The van der Waals surface area contributed by atoms with Crippen molar-refractivity contribution in [1.29, 1.82) is 0 Å². The van der Waals surface area contributed by atoms with Crippen LogP contribution in [0.2, 0.25) is 0 Å². The van der Waals surface area contributed by atoms with Crippen molar-refractivity contribution in [2.75, 3.05) is 32.1 Å². The second kappa shape index (κ2) is 6.08. The zero-order valence-corrected chi connectivity index (χ0v) is 11.1. The highest BCUT2D eigenvalue weighted by atomic mass is 79.9. The lowest BCUT2D eigenvalue weighted by Gasteiger charge is -2.20. The summed E-state index contributed by atoms with van der Waals surface area (Å²) in [4.78, 5) is 6.55. The van der Waals surface area contributed by atoms with Gasteiger partial charge in [-0.15, -0.1) is 0 Å². The van der Waals surface area contributed by atoms with Crippen LogP contribution in [0.15, 0.2) is 16.7 Å². The Labute approximate surface area is 100 Å². The van der Waals surface area contributed by atoms with E-state index in [-0.39, 0.29) is 0 Å². The summed E-state index contributed by atoms with van der Waals surface area (Å²) in [5.41, 5.74) is 1.22. The second-order valence-electron chi connectivity index (χ2n) is 3.64. The minimum atomic E-state index is 1.01. The van der Waals surface area contributed by atoms with E-state index in [2.05, 4.69) is 45.1 Å². The fourth-order valence-corrected chi connectivity index (χ4v) is 1.93. The number of hydrogen-bond donors (Lipinski definition) is 1. The van der Waals surface area contributed by atoms with Crippen LogP contribution in [0.25, 0.3) is 0 Å². The van der Waals surface area contributed by atoms with Gasteiger partial charge in [0.1, 0.15) is 5.82 Å². The molecule has 1 heterocycles. The minimum absolute atomic E-state index is 1.01. The Hall–Kier alpha value is -0.610. The van der Waals surface area contributed by atoms with Crippen LogP contribution in [0.3, 0.4) is 0 Å². The van der Waals surface area contributed by atoms with E-state index in [0.29, 0.717) is 0 Å². The van der Waals surface area contributed by atoms with E-state index in [4.69, 9.17) is 0 Å². The van der Waals surface area contributed by atoms with Gasteiger partial charge < -0.3 is 10.2 Å². The summed E-state index contributed by atoms with van der Waals surface area (Å²) >= 11 is 3.57. The van der Waals surface area contributed by atoms with E-state index in [9.17, 15) is 0 Å². The van der Waals surface area contributed by atoms with Gasteiger partial charge in [-0.25, -0.2) is 4.98 Å². The summed E-state index contributed by atoms with van der Waals surface area (Å²) in [7, 11) is 4.04. The van der Waals surface area contributed by atoms with Gasteiger partial charge in [0.15, 0.2) is 0 Å². The lowest BCUT2D eigenvalue weighted by Crippen LogP contribution is -2.23. The minimum Gasteiger partial charge on any atom is -0.359 e. The van der Waals surface area contributed by atoms with Gasteiger partial charge in [-0.1, -0.05) is 0 Å². The first-order chi connectivity index (χ1) is 7.16. The summed E-state index contributed by atoms with van der Waals surface area (Å²) in [6, 6.07) is 2.01. The predicted octanol–water partition coefficient (Wildman–Crippen LogP) is 2.20. The van der Waals surface area contributed by atoms with Gasteiger partial charge in [-0.05, 0) is 54.5 Å². The number of aryl methyl sites for hydroxylation is 1. The molecule has 0 fully saturated rings. The molecule has 84 valence electrons. The van der Waals surface area contributed by atoms with Crippen molar-refractivity contribution in [3.8, 4) is 0 Å². The van der Waals surface area contributed by atoms with Gasteiger partial charge in [-0.2, -0.15) is 0 Å². The molecular weight excluding hydrogens is 254 g/mol. The topological polar surface area (TPSA) is 28.2 Å². The molecule has 1 N–H and O–H groups in total. The number of halogens is 1. The van der Waals surface area contributed by atoms with Gasteiger partial charge in [0.2, 0.25) is 0 Å². The van der Waals surface area contributed by atoms with Crippen LogP contribution in [-0.4, -0.2) is 32.2 Å². The Bertz CT molecular complexity index is 315. The molecule has 0 aliphatic rings. The van der Waals surface area contributed by atoms with Crippen LogP contribution in [0.4, 0.5) is 5.82 Å². The third-order valence-electron chi connectivity index (χ3n) is 2.35. The van der Waals surface area contributed by atoms with Crippen molar-refractivity contribution in [2.24, 2.45) is 0 Å². The van der Waals surface area contributed by atoms with Crippen LogP contribution < -0.4 is 10.2 Å². The number of hydrogen-bond acceptors (Lipinski definition) is 3. The van der Waals surface area contributed by atoms with Gasteiger partial charge in [0.05, 0.1) is 4.47 Å². The van der Waals surface area contributed by atoms with Crippen molar-refractivity contribution in [1.82, 2.24) is 10.3 Å². The van der Waals surface area contributed by atoms with Crippen LogP contribution in [0, 0.1) is 6.92 Å². The first kappa shape index (κ1) is 12.5. The maximum absolute atomic E-state index is 4.38. The SMILES string of the molecule is CNCCCN(C)c1nccc(C)c1Br. The van der Waals surface area contributed by atoms with Gasteiger partial charge in [0.25, 0.3) is 0 Å². The lowest BCUT2D eigenvalue weighted by molar-refractivity contribution is 0.708. The van der Waals surface area contributed by atoms with Crippen molar-refractivity contribution in [3.05, 3.63) is 22.3 Å². The molecule has 0 aliphatic heterocycles. The molecule has 0 radical (unpaired) electrons. The quantitative estimate of drug-likeness (QED) is 0.833. The smallest absolute Gasteiger partial charge is 0.142 e. The largest absolute Gasteiger partial charge is 0.359 e. The van der Waals surface area contributed by atoms with Crippen molar-refractivity contribution < 1.29 is 0 Å². The van der Waals surface area contributed by atoms with E-state index in [1.165, 1.54) is 5.56 Å². The summed E-state index contributed by atoms with van der Waals surface area (Å²) in [6.45, 7) is 4.13. The molecular formula is C11H18BrN3. The second-order valence-corrected chi connectivity index (χ2v) is 4.44. The average molecular weight is 272 g/mol. The molecule has 0 saturated heterocycles. The third-order valence-corrected chi connectivity index (χ3v) is 3.33. The number of nitrogens with one attached hydrogen (secondary N) is 1. The Morgan fingerprint density at radius 2 is 2.27 bits per heavy atom. The molecule has 0 aliphatic carbocycles. The highest BCUT2D eigenvalue weighted by molar-refractivity contribution is 9.10. The van der Waals surface area contributed by atoms with Gasteiger partial charge in [0, 0.05) is 19.8 Å². The molecule has 0 spiro atoms.